The summed E-state index contributed by atoms with van der Waals surface area (Å²) < 4.78 is 12.9. The maximum Gasteiger partial charge on any atom is 0.270 e. The monoisotopic (exact) mass is 334 g/mol. The van der Waals surface area contributed by atoms with Gasteiger partial charge >= 0.3 is 0 Å². The van der Waals surface area contributed by atoms with E-state index in [1.54, 1.807) is 17.5 Å². The van der Waals surface area contributed by atoms with Crippen LogP contribution in [-0.4, -0.2) is 28.6 Å². The Morgan fingerprint density at radius 1 is 1.35 bits per heavy atom. The lowest BCUT2D eigenvalue weighted by Crippen LogP contribution is -2.38. The highest BCUT2D eigenvalue weighted by atomic mass is 32.1. The molecule has 3 rings (SSSR count). The van der Waals surface area contributed by atoms with E-state index in [1.807, 2.05) is 0 Å². The van der Waals surface area contributed by atoms with Crippen LogP contribution >= 0.6 is 11.3 Å². The van der Waals surface area contributed by atoms with Crippen LogP contribution in [0, 0.1) is 11.7 Å². The van der Waals surface area contributed by atoms with E-state index in [2.05, 4.69) is 10.3 Å². The Bertz CT molecular complexity index is 671. The Labute approximate surface area is 138 Å². The van der Waals surface area contributed by atoms with Crippen molar-refractivity contribution in [3.8, 4) is 0 Å². The fourth-order valence-electron chi connectivity index (χ4n) is 2.96. The van der Waals surface area contributed by atoms with E-state index in [1.165, 1.54) is 23.5 Å². The van der Waals surface area contributed by atoms with Crippen LogP contribution in [0.1, 0.15) is 40.3 Å². The van der Waals surface area contributed by atoms with E-state index in [9.17, 15) is 14.3 Å². The molecule has 1 aliphatic carbocycles. The molecule has 1 heterocycles. The zero-order chi connectivity index (χ0) is 16.2. The molecule has 0 saturated heterocycles. The first kappa shape index (κ1) is 16.1. The van der Waals surface area contributed by atoms with Gasteiger partial charge in [0, 0.05) is 30.4 Å². The number of nitrogens with zero attached hydrogens (tertiary/aromatic N) is 1. The van der Waals surface area contributed by atoms with Crippen molar-refractivity contribution < 1.29 is 14.3 Å². The third-order valence-electron chi connectivity index (χ3n) is 4.26. The number of hydrogen-bond donors (Lipinski definition) is 2. The Morgan fingerprint density at radius 2 is 2.13 bits per heavy atom. The number of halogens is 1. The van der Waals surface area contributed by atoms with Gasteiger partial charge in [0.15, 0.2) is 0 Å². The zero-order valence-corrected chi connectivity index (χ0v) is 13.5. The molecule has 1 amide bonds. The fraction of sp³-hybridized carbons (Fsp3) is 0.412. The lowest BCUT2D eigenvalue weighted by molar-refractivity contribution is 0.0911. The molecule has 1 aliphatic rings. The highest BCUT2D eigenvalue weighted by molar-refractivity contribution is 7.09. The number of benzene rings is 1. The lowest BCUT2D eigenvalue weighted by atomic mass is 10.1. The number of aromatic nitrogens is 1. The number of thiazole rings is 1. The molecule has 23 heavy (non-hydrogen) atoms. The molecule has 0 spiro atoms. The molecule has 122 valence electrons. The number of aliphatic hydroxyl groups is 1. The smallest absolute Gasteiger partial charge is 0.270 e. The molecule has 2 aromatic rings. The quantitative estimate of drug-likeness (QED) is 0.884. The third-order valence-corrected chi connectivity index (χ3v) is 5.11. The molecular weight excluding hydrogens is 315 g/mol. The van der Waals surface area contributed by atoms with Gasteiger partial charge in [0.1, 0.15) is 11.5 Å². The molecule has 0 unspecified atom stereocenters. The summed E-state index contributed by atoms with van der Waals surface area (Å²) in [7, 11) is 0. The van der Waals surface area contributed by atoms with Crippen LogP contribution in [0.2, 0.25) is 0 Å². The second-order valence-corrected chi connectivity index (χ2v) is 6.83. The highest BCUT2D eigenvalue weighted by Crippen LogP contribution is 2.25. The maximum absolute atomic E-state index is 12.9. The van der Waals surface area contributed by atoms with Crippen LogP contribution in [0.5, 0.6) is 0 Å². The van der Waals surface area contributed by atoms with Gasteiger partial charge in [-0.05, 0) is 30.5 Å². The van der Waals surface area contributed by atoms with Gasteiger partial charge in [0.2, 0.25) is 0 Å². The second-order valence-electron chi connectivity index (χ2n) is 5.88. The summed E-state index contributed by atoms with van der Waals surface area (Å²) >= 11 is 1.43. The average molecular weight is 334 g/mol. The molecule has 1 aromatic carbocycles. The van der Waals surface area contributed by atoms with E-state index in [0.29, 0.717) is 12.1 Å². The Balaban J connectivity index is 1.62. The molecule has 1 saturated carbocycles. The summed E-state index contributed by atoms with van der Waals surface area (Å²) in [5.74, 6) is -0.295. The van der Waals surface area contributed by atoms with Crippen LogP contribution in [0.25, 0.3) is 0 Å². The number of aliphatic hydroxyl groups excluding tert-OH is 1. The van der Waals surface area contributed by atoms with E-state index in [0.717, 1.165) is 29.8 Å². The number of carbonyl (C=O) groups excluding carboxylic acids is 1. The normalized spacial score (nSPS) is 20.6. The molecule has 4 nitrogen and oxygen atoms in total. The molecule has 1 aromatic heterocycles. The zero-order valence-electron chi connectivity index (χ0n) is 12.7. The fourth-order valence-corrected chi connectivity index (χ4v) is 3.77. The van der Waals surface area contributed by atoms with Gasteiger partial charge in [0.05, 0.1) is 5.01 Å². The SMILES string of the molecule is O=C(N[C@@H]1CCC[C@H]1CO)c1csc(Cc2ccc(F)cc2)n1. The highest BCUT2D eigenvalue weighted by Gasteiger charge is 2.28. The van der Waals surface area contributed by atoms with Crippen LogP contribution in [0.4, 0.5) is 4.39 Å². The Kier molecular flexibility index (Phi) is 5.03. The number of rotatable bonds is 5. The average Bonchev–Trinajstić information content (AvgIpc) is 3.18. The molecule has 2 atom stereocenters. The van der Waals surface area contributed by atoms with Crippen LogP contribution < -0.4 is 5.32 Å². The number of hydrogen-bond acceptors (Lipinski definition) is 4. The van der Waals surface area contributed by atoms with Gasteiger partial charge in [-0.2, -0.15) is 0 Å². The van der Waals surface area contributed by atoms with Crippen molar-refractivity contribution in [2.75, 3.05) is 6.61 Å². The predicted molar refractivity (Wildman–Crippen MR) is 87.0 cm³/mol. The van der Waals surface area contributed by atoms with Gasteiger partial charge in [-0.1, -0.05) is 18.6 Å². The minimum absolute atomic E-state index is 0.0368. The molecule has 0 bridgehead atoms. The van der Waals surface area contributed by atoms with E-state index in [-0.39, 0.29) is 30.3 Å². The third kappa shape index (κ3) is 3.95. The summed E-state index contributed by atoms with van der Waals surface area (Å²) in [5, 5.41) is 14.9. The van der Waals surface area contributed by atoms with Crippen molar-refractivity contribution in [2.45, 2.75) is 31.7 Å². The summed E-state index contributed by atoms with van der Waals surface area (Å²) in [6.45, 7) is 0.109. The summed E-state index contributed by atoms with van der Waals surface area (Å²) in [6.07, 6.45) is 3.47. The Hall–Kier alpha value is -1.79. The molecular formula is C17H19FN2O2S. The van der Waals surface area contributed by atoms with Crippen molar-refractivity contribution in [3.63, 3.8) is 0 Å². The first-order chi connectivity index (χ1) is 11.2. The number of carbonyl (C=O) groups is 1. The van der Waals surface area contributed by atoms with Gasteiger partial charge in [-0.3, -0.25) is 4.79 Å². The molecule has 1 fully saturated rings. The van der Waals surface area contributed by atoms with E-state index >= 15 is 0 Å². The first-order valence-corrected chi connectivity index (χ1v) is 8.64. The number of amides is 1. The minimum Gasteiger partial charge on any atom is -0.396 e. The molecule has 2 N–H and O–H groups in total. The van der Waals surface area contributed by atoms with Crippen LogP contribution in [-0.2, 0) is 6.42 Å². The van der Waals surface area contributed by atoms with Crippen molar-refractivity contribution in [1.82, 2.24) is 10.3 Å². The lowest BCUT2D eigenvalue weighted by Gasteiger charge is -2.18. The molecule has 0 radical (unpaired) electrons. The summed E-state index contributed by atoms with van der Waals surface area (Å²) in [4.78, 5) is 16.6. The maximum atomic E-state index is 12.9. The van der Waals surface area contributed by atoms with Crippen LogP contribution in [0.15, 0.2) is 29.6 Å². The first-order valence-electron chi connectivity index (χ1n) is 7.76. The molecule has 0 aliphatic heterocycles. The van der Waals surface area contributed by atoms with Gasteiger partial charge in [-0.25, -0.2) is 9.37 Å². The Morgan fingerprint density at radius 3 is 2.87 bits per heavy atom. The van der Waals surface area contributed by atoms with Crippen molar-refractivity contribution in [1.29, 1.82) is 0 Å². The topological polar surface area (TPSA) is 62.2 Å². The van der Waals surface area contributed by atoms with E-state index in [4.69, 9.17) is 0 Å². The van der Waals surface area contributed by atoms with Gasteiger partial charge in [-0.15, -0.1) is 11.3 Å². The van der Waals surface area contributed by atoms with Crippen molar-refractivity contribution in [2.24, 2.45) is 5.92 Å². The second kappa shape index (κ2) is 7.19. The summed E-state index contributed by atoms with van der Waals surface area (Å²) in [6, 6.07) is 6.33. The van der Waals surface area contributed by atoms with Crippen LogP contribution in [0.3, 0.4) is 0 Å². The van der Waals surface area contributed by atoms with Crippen molar-refractivity contribution in [3.05, 3.63) is 51.7 Å². The number of nitrogens with one attached hydrogen (secondary N) is 1. The minimum atomic E-state index is -0.261. The summed E-state index contributed by atoms with van der Waals surface area (Å²) in [5.41, 5.74) is 1.37. The molecule has 6 heteroatoms. The standard InChI is InChI=1S/C17H19FN2O2S/c18-13-6-4-11(5-7-13)8-16-19-15(10-23-16)17(22)20-14-3-1-2-12(14)9-21/h4-7,10,12,14,21H,1-3,8-9H2,(H,20,22)/t12-,14+/m0/s1. The largest absolute Gasteiger partial charge is 0.396 e. The van der Waals surface area contributed by atoms with Gasteiger partial charge < -0.3 is 10.4 Å². The van der Waals surface area contributed by atoms with E-state index < -0.39 is 0 Å². The van der Waals surface area contributed by atoms with Gasteiger partial charge in [0.25, 0.3) is 5.91 Å². The predicted octanol–water partition coefficient (Wildman–Crippen LogP) is 2.76. The van der Waals surface area contributed by atoms with Crippen molar-refractivity contribution >= 4 is 17.2 Å².